The topological polar surface area (TPSA) is 84.2 Å². The second-order valence-corrected chi connectivity index (χ2v) is 5.55. The predicted molar refractivity (Wildman–Crippen MR) is 71.8 cm³/mol. The van der Waals surface area contributed by atoms with Crippen molar-refractivity contribution in [3.8, 4) is 0 Å². The van der Waals surface area contributed by atoms with Gasteiger partial charge in [-0.15, -0.1) is 0 Å². The molecule has 100 valence electrons. The van der Waals surface area contributed by atoms with E-state index in [9.17, 15) is 9.59 Å². The van der Waals surface area contributed by atoms with Gasteiger partial charge in [-0.3, -0.25) is 9.59 Å². The highest BCUT2D eigenvalue weighted by molar-refractivity contribution is 7.98. The van der Waals surface area contributed by atoms with Crippen LogP contribution in [0.5, 0.6) is 0 Å². The molecule has 4 N–H and O–H groups in total. The Hall–Kier alpha value is -0.750. The Labute approximate surface area is 107 Å². The van der Waals surface area contributed by atoms with Gasteiger partial charge in [0.2, 0.25) is 11.8 Å². The number of rotatable bonds is 7. The van der Waals surface area contributed by atoms with Gasteiger partial charge in [-0.2, -0.15) is 11.8 Å². The summed E-state index contributed by atoms with van der Waals surface area (Å²) in [5.41, 5.74) is 5.09. The Morgan fingerprint density at radius 1 is 1.41 bits per heavy atom. The van der Waals surface area contributed by atoms with Crippen molar-refractivity contribution in [1.82, 2.24) is 10.6 Å². The minimum atomic E-state index is -0.621. The zero-order valence-corrected chi connectivity index (χ0v) is 11.8. The summed E-state index contributed by atoms with van der Waals surface area (Å²) in [5.74, 6) is 0.555. The first kappa shape index (κ1) is 16.2. The van der Waals surface area contributed by atoms with E-state index in [0.717, 1.165) is 5.75 Å². The zero-order chi connectivity index (χ0) is 13.5. The highest BCUT2D eigenvalue weighted by Gasteiger charge is 2.27. The molecule has 5 nitrogen and oxygen atoms in total. The van der Waals surface area contributed by atoms with Crippen molar-refractivity contribution in [2.75, 3.05) is 25.6 Å². The van der Waals surface area contributed by atoms with Crippen LogP contribution in [0.15, 0.2) is 0 Å². The van der Waals surface area contributed by atoms with Crippen LogP contribution in [0, 0.1) is 5.41 Å². The molecule has 0 radical (unpaired) electrons. The van der Waals surface area contributed by atoms with Gasteiger partial charge in [-0.1, -0.05) is 0 Å². The van der Waals surface area contributed by atoms with E-state index < -0.39 is 11.5 Å². The third-order valence-corrected chi connectivity index (χ3v) is 3.16. The molecule has 0 unspecified atom stereocenters. The van der Waals surface area contributed by atoms with Gasteiger partial charge >= 0.3 is 0 Å². The molecular weight excluding hydrogens is 238 g/mol. The fraction of sp³-hybridized carbons (Fsp3) is 0.818. The van der Waals surface area contributed by atoms with E-state index in [0.29, 0.717) is 13.0 Å². The molecule has 0 aromatic heterocycles. The second kappa shape index (κ2) is 7.55. The molecule has 6 heteroatoms. The molecule has 0 aromatic carbocycles. The molecular formula is C11H23N3O2S. The molecule has 0 saturated heterocycles. The fourth-order valence-electron chi connectivity index (χ4n) is 1.23. The van der Waals surface area contributed by atoms with Crippen molar-refractivity contribution in [3.05, 3.63) is 0 Å². The number of carbonyl (C=O) groups is 2. The number of hydrogen-bond acceptors (Lipinski definition) is 4. The maximum atomic E-state index is 11.6. The Kier molecular flexibility index (Phi) is 7.22. The Morgan fingerprint density at radius 2 is 2.00 bits per heavy atom. The van der Waals surface area contributed by atoms with E-state index in [-0.39, 0.29) is 11.8 Å². The molecule has 0 fully saturated rings. The maximum Gasteiger partial charge on any atom is 0.236 e. The number of hydrogen-bond donors (Lipinski definition) is 3. The average molecular weight is 261 g/mol. The van der Waals surface area contributed by atoms with Crippen LogP contribution in [0.2, 0.25) is 0 Å². The molecule has 0 bridgehead atoms. The highest BCUT2D eigenvalue weighted by Crippen LogP contribution is 2.13. The summed E-state index contributed by atoms with van der Waals surface area (Å²) in [6.07, 6.45) is 2.62. The molecule has 0 rings (SSSR count). The normalized spacial score (nSPS) is 13.0. The van der Waals surface area contributed by atoms with E-state index in [4.69, 9.17) is 5.73 Å². The van der Waals surface area contributed by atoms with E-state index in [1.54, 1.807) is 32.7 Å². The number of nitrogens with one attached hydrogen (secondary N) is 2. The smallest absolute Gasteiger partial charge is 0.236 e. The van der Waals surface area contributed by atoms with E-state index in [1.165, 1.54) is 0 Å². The number of carbonyl (C=O) groups excluding carboxylic acids is 2. The summed E-state index contributed by atoms with van der Waals surface area (Å²) in [7, 11) is 1.58. The van der Waals surface area contributed by atoms with Crippen molar-refractivity contribution < 1.29 is 9.59 Å². The van der Waals surface area contributed by atoms with Gasteiger partial charge in [0.15, 0.2) is 0 Å². The first-order valence-electron chi connectivity index (χ1n) is 5.59. The van der Waals surface area contributed by atoms with E-state index in [1.807, 2.05) is 6.26 Å². The lowest BCUT2D eigenvalue weighted by molar-refractivity contribution is -0.129. The van der Waals surface area contributed by atoms with Crippen molar-refractivity contribution in [2.24, 2.45) is 11.1 Å². The standard InChI is InChI=1S/C11H23N3O2S/c1-11(2,10(16)13-3)7-14-9(15)8(12)5-6-17-4/h8H,5-7,12H2,1-4H3,(H,13,16)(H,14,15)/t8-/m0/s1. The number of thioether (sulfide) groups is 1. The van der Waals surface area contributed by atoms with E-state index in [2.05, 4.69) is 10.6 Å². The van der Waals surface area contributed by atoms with E-state index >= 15 is 0 Å². The van der Waals surface area contributed by atoms with Gasteiger partial charge in [0.25, 0.3) is 0 Å². The zero-order valence-electron chi connectivity index (χ0n) is 11.0. The monoisotopic (exact) mass is 261 g/mol. The maximum absolute atomic E-state index is 11.6. The molecule has 0 saturated carbocycles. The van der Waals surface area contributed by atoms with Crippen molar-refractivity contribution in [3.63, 3.8) is 0 Å². The van der Waals surface area contributed by atoms with Crippen molar-refractivity contribution >= 4 is 23.6 Å². The van der Waals surface area contributed by atoms with Crippen LogP contribution in [0.1, 0.15) is 20.3 Å². The largest absolute Gasteiger partial charge is 0.359 e. The number of nitrogens with two attached hydrogens (primary N) is 1. The molecule has 17 heavy (non-hydrogen) atoms. The first-order valence-corrected chi connectivity index (χ1v) is 6.99. The van der Waals surface area contributed by atoms with Crippen LogP contribution < -0.4 is 16.4 Å². The lowest BCUT2D eigenvalue weighted by atomic mass is 9.92. The minimum Gasteiger partial charge on any atom is -0.359 e. The minimum absolute atomic E-state index is 0.101. The lowest BCUT2D eigenvalue weighted by Crippen LogP contribution is -2.48. The molecule has 2 amide bonds. The molecule has 0 aliphatic rings. The van der Waals surface area contributed by atoms with Crippen LogP contribution in [0.4, 0.5) is 0 Å². The van der Waals surface area contributed by atoms with Gasteiger partial charge in [-0.05, 0) is 32.3 Å². The summed E-state index contributed by atoms with van der Waals surface area (Å²) in [4.78, 5) is 23.1. The van der Waals surface area contributed by atoms with Crippen LogP contribution in [0.25, 0.3) is 0 Å². The van der Waals surface area contributed by atoms with Gasteiger partial charge in [0.05, 0.1) is 11.5 Å². The second-order valence-electron chi connectivity index (χ2n) is 4.57. The molecule has 0 heterocycles. The van der Waals surface area contributed by atoms with Gasteiger partial charge in [0.1, 0.15) is 0 Å². The summed E-state index contributed by atoms with van der Waals surface area (Å²) in [6.45, 7) is 3.84. The molecule has 0 spiro atoms. The highest BCUT2D eigenvalue weighted by atomic mass is 32.2. The molecule has 0 aromatic rings. The number of amides is 2. The Bertz CT molecular complexity index is 269. The summed E-state index contributed by atoms with van der Waals surface area (Å²) in [5, 5.41) is 5.28. The fourth-order valence-corrected chi connectivity index (χ4v) is 1.72. The third kappa shape index (κ3) is 5.93. The SMILES string of the molecule is CNC(=O)C(C)(C)CNC(=O)[C@@H](N)CCSC. The quantitative estimate of drug-likeness (QED) is 0.600. The molecule has 0 aliphatic carbocycles. The van der Waals surface area contributed by atoms with Crippen molar-refractivity contribution in [1.29, 1.82) is 0 Å². The van der Waals surface area contributed by atoms with Gasteiger partial charge in [0, 0.05) is 13.6 Å². The lowest BCUT2D eigenvalue weighted by Gasteiger charge is -2.23. The average Bonchev–Trinajstić information content (AvgIpc) is 2.31. The van der Waals surface area contributed by atoms with Gasteiger partial charge in [-0.25, -0.2) is 0 Å². The molecule has 0 aliphatic heterocycles. The first-order chi connectivity index (χ1) is 7.85. The van der Waals surface area contributed by atoms with Crippen LogP contribution in [-0.4, -0.2) is 43.5 Å². The Morgan fingerprint density at radius 3 is 2.47 bits per heavy atom. The Balaban J connectivity index is 4.10. The predicted octanol–water partition coefficient (Wildman–Crippen LogP) is -0.0448. The van der Waals surface area contributed by atoms with Crippen molar-refractivity contribution in [2.45, 2.75) is 26.3 Å². The van der Waals surface area contributed by atoms with Crippen LogP contribution in [0.3, 0.4) is 0 Å². The molecule has 1 atom stereocenters. The van der Waals surface area contributed by atoms with Crippen LogP contribution >= 0.6 is 11.8 Å². The summed E-state index contributed by atoms with van der Waals surface area (Å²) >= 11 is 1.66. The third-order valence-electron chi connectivity index (χ3n) is 2.52. The van der Waals surface area contributed by atoms with Crippen LogP contribution in [-0.2, 0) is 9.59 Å². The summed E-state index contributed by atoms with van der Waals surface area (Å²) < 4.78 is 0. The summed E-state index contributed by atoms with van der Waals surface area (Å²) in [6, 6.07) is -0.497. The van der Waals surface area contributed by atoms with Gasteiger partial charge < -0.3 is 16.4 Å².